The zero-order valence-corrected chi connectivity index (χ0v) is 22.5. The molecule has 8 nitrogen and oxygen atoms in total. The zero-order valence-electron chi connectivity index (χ0n) is 21.7. The van der Waals surface area contributed by atoms with Gasteiger partial charge in [-0.3, -0.25) is 9.69 Å². The van der Waals surface area contributed by atoms with Gasteiger partial charge in [0.15, 0.2) is 5.58 Å². The number of nitrogens with zero attached hydrogens (tertiary/aromatic N) is 4. The molecule has 0 atom stereocenters. The molecule has 5 rings (SSSR count). The van der Waals surface area contributed by atoms with Crippen LogP contribution in [0, 0.1) is 11.3 Å². The predicted molar refractivity (Wildman–Crippen MR) is 143 cm³/mol. The monoisotopic (exact) mass is 575 g/mol. The van der Waals surface area contributed by atoms with Crippen molar-refractivity contribution >= 4 is 34.3 Å². The molecule has 2 heterocycles. The van der Waals surface area contributed by atoms with Gasteiger partial charge in [-0.1, -0.05) is 11.6 Å². The van der Waals surface area contributed by atoms with Crippen molar-refractivity contribution in [1.82, 2.24) is 14.8 Å². The van der Waals surface area contributed by atoms with Gasteiger partial charge in [-0.25, -0.2) is 4.98 Å². The number of anilines is 1. The summed E-state index contributed by atoms with van der Waals surface area (Å²) in [4.78, 5) is 21.2. The van der Waals surface area contributed by atoms with E-state index in [1.54, 1.807) is 29.2 Å². The van der Waals surface area contributed by atoms with Gasteiger partial charge in [0, 0.05) is 42.9 Å². The number of halogens is 4. The highest BCUT2D eigenvalue weighted by atomic mass is 35.5. The fraction of sp³-hybridized carbons (Fsp3) is 0.464. The number of ether oxygens (including phenoxy) is 1. The smallest absolute Gasteiger partial charge is 0.417 e. The molecule has 40 heavy (non-hydrogen) atoms. The highest BCUT2D eigenvalue weighted by Gasteiger charge is 2.34. The summed E-state index contributed by atoms with van der Waals surface area (Å²) in [6, 6.07) is 10.6. The summed E-state index contributed by atoms with van der Waals surface area (Å²) in [5.74, 6) is 0.569. The van der Waals surface area contributed by atoms with E-state index in [2.05, 4.69) is 15.2 Å². The summed E-state index contributed by atoms with van der Waals surface area (Å²) < 4.78 is 51.4. The first-order chi connectivity index (χ1) is 19.2. The third-order valence-electron chi connectivity index (χ3n) is 7.41. The van der Waals surface area contributed by atoms with Gasteiger partial charge in [0.1, 0.15) is 12.1 Å². The van der Waals surface area contributed by atoms with E-state index in [1.807, 2.05) is 0 Å². The maximum atomic E-state index is 13.2. The molecule has 2 aromatic carbocycles. The Morgan fingerprint density at radius 3 is 2.58 bits per heavy atom. The number of alkyl halides is 3. The molecule has 1 aliphatic heterocycles. The van der Waals surface area contributed by atoms with Crippen molar-refractivity contribution < 1.29 is 27.1 Å². The first-order valence-electron chi connectivity index (χ1n) is 13.2. The van der Waals surface area contributed by atoms with E-state index in [-0.39, 0.29) is 24.7 Å². The number of benzene rings is 2. The quantitative estimate of drug-likeness (QED) is 0.400. The van der Waals surface area contributed by atoms with Crippen LogP contribution < -0.4 is 5.32 Å². The topological polar surface area (TPSA) is 94.6 Å². The van der Waals surface area contributed by atoms with Crippen molar-refractivity contribution in [2.75, 3.05) is 38.1 Å². The summed E-state index contributed by atoms with van der Waals surface area (Å²) in [7, 11) is 0. The molecule has 1 amide bonds. The maximum Gasteiger partial charge on any atom is 0.417 e. The van der Waals surface area contributed by atoms with Gasteiger partial charge in [0.05, 0.1) is 29.8 Å². The summed E-state index contributed by atoms with van der Waals surface area (Å²) in [5.41, 5.74) is 0.428. The number of piperazine rings is 1. The maximum absolute atomic E-state index is 13.2. The van der Waals surface area contributed by atoms with Crippen LogP contribution in [-0.2, 0) is 22.3 Å². The SMILES string of the molecule is N#Cc1ccc(NC2CCC(OCC(=O)N3CCN(Cc4nc5cc(Cl)ccc5o4)CC3)CC2)cc1C(F)(F)F. The van der Waals surface area contributed by atoms with Crippen LogP contribution in [0.2, 0.25) is 5.02 Å². The molecule has 0 radical (unpaired) electrons. The lowest BCUT2D eigenvalue weighted by atomic mass is 9.92. The van der Waals surface area contributed by atoms with Gasteiger partial charge < -0.3 is 19.4 Å². The average molecular weight is 576 g/mol. The fourth-order valence-electron chi connectivity index (χ4n) is 5.22. The Morgan fingerprint density at radius 1 is 1.12 bits per heavy atom. The number of fused-ring (bicyclic) bond motifs is 1. The minimum Gasteiger partial charge on any atom is -0.439 e. The predicted octanol–water partition coefficient (Wildman–Crippen LogP) is 5.46. The second kappa shape index (κ2) is 12.0. The molecule has 2 fully saturated rings. The van der Waals surface area contributed by atoms with Gasteiger partial charge >= 0.3 is 6.18 Å². The molecule has 1 saturated carbocycles. The number of hydrogen-bond donors (Lipinski definition) is 1. The number of carbonyl (C=O) groups excluding carboxylic acids is 1. The molecule has 212 valence electrons. The third kappa shape index (κ3) is 6.86. The average Bonchev–Trinajstić information content (AvgIpc) is 3.33. The number of nitriles is 1. The van der Waals surface area contributed by atoms with Crippen LogP contribution >= 0.6 is 11.6 Å². The standard InChI is InChI=1S/C28H29ClF3N5O3/c29-19-2-8-25-24(13-19)35-26(40-25)16-36-9-11-37(12-10-36)27(38)17-39-22-6-4-20(5-7-22)34-21-3-1-18(15-33)23(14-21)28(30,31)32/h1-3,8,13-14,20,22,34H,4-7,9-12,16-17H2. The minimum atomic E-state index is -4.59. The van der Waals surface area contributed by atoms with E-state index in [0.29, 0.717) is 80.6 Å². The zero-order chi connectivity index (χ0) is 28.3. The Balaban J connectivity index is 1.02. The lowest BCUT2D eigenvalue weighted by Gasteiger charge is -2.35. The number of hydrogen-bond acceptors (Lipinski definition) is 7. The molecule has 1 saturated heterocycles. The normalized spacial score (nSPS) is 20.4. The number of rotatable bonds is 7. The van der Waals surface area contributed by atoms with Gasteiger partial charge in [-0.2, -0.15) is 18.4 Å². The first-order valence-corrected chi connectivity index (χ1v) is 13.6. The van der Waals surface area contributed by atoms with Crippen molar-refractivity contribution in [3.63, 3.8) is 0 Å². The molecule has 0 bridgehead atoms. The van der Waals surface area contributed by atoms with Crippen molar-refractivity contribution in [2.45, 2.75) is 50.6 Å². The van der Waals surface area contributed by atoms with Crippen LogP contribution in [0.25, 0.3) is 11.1 Å². The number of nitrogens with one attached hydrogen (secondary N) is 1. The van der Waals surface area contributed by atoms with Gasteiger partial charge in [-0.15, -0.1) is 0 Å². The fourth-order valence-corrected chi connectivity index (χ4v) is 5.38. The van der Waals surface area contributed by atoms with E-state index in [9.17, 15) is 18.0 Å². The Morgan fingerprint density at radius 2 is 1.88 bits per heavy atom. The highest BCUT2D eigenvalue weighted by molar-refractivity contribution is 6.31. The van der Waals surface area contributed by atoms with Crippen LogP contribution in [0.3, 0.4) is 0 Å². The minimum absolute atomic E-state index is 0.00382. The Bertz CT molecular complexity index is 1390. The van der Waals surface area contributed by atoms with Crippen LogP contribution in [-0.4, -0.2) is 65.6 Å². The van der Waals surface area contributed by atoms with Crippen molar-refractivity contribution in [3.8, 4) is 6.07 Å². The lowest BCUT2D eigenvalue weighted by molar-refractivity contribution is -0.140. The second-order valence-electron chi connectivity index (χ2n) is 10.2. The van der Waals surface area contributed by atoms with Crippen molar-refractivity contribution in [3.05, 3.63) is 58.4 Å². The van der Waals surface area contributed by atoms with Crippen molar-refractivity contribution in [2.24, 2.45) is 0 Å². The molecule has 1 aromatic heterocycles. The molecule has 12 heteroatoms. The molecule has 0 unspecified atom stereocenters. The third-order valence-corrected chi connectivity index (χ3v) is 7.65. The number of carbonyl (C=O) groups is 1. The molecule has 1 aliphatic carbocycles. The molecular weight excluding hydrogens is 547 g/mol. The molecule has 2 aliphatic rings. The van der Waals surface area contributed by atoms with Crippen LogP contribution in [0.5, 0.6) is 0 Å². The summed E-state index contributed by atoms with van der Waals surface area (Å²) in [5, 5.41) is 12.7. The van der Waals surface area contributed by atoms with Crippen LogP contribution in [0.1, 0.15) is 42.7 Å². The lowest BCUT2D eigenvalue weighted by Crippen LogP contribution is -2.49. The summed E-state index contributed by atoms with van der Waals surface area (Å²) in [6.45, 7) is 3.16. The van der Waals surface area contributed by atoms with Crippen LogP contribution in [0.15, 0.2) is 40.8 Å². The van der Waals surface area contributed by atoms with Crippen LogP contribution in [0.4, 0.5) is 18.9 Å². The van der Waals surface area contributed by atoms with E-state index in [1.165, 1.54) is 12.1 Å². The summed E-state index contributed by atoms with van der Waals surface area (Å²) in [6.07, 6.45) is -1.83. The Kier molecular flexibility index (Phi) is 8.49. The number of oxazole rings is 1. The van der Waals surface area contributed by atoms with Gasteiger partial charge in [-0.05, 0) is 62.1 Å². The van der Waals surface area contributed by atoms with E-state index >= 15 is 0 Å². The van der Waals surface area contributed by atoms with Crippen molar-refractivity contribution in [1.29, 1.82) is 5.26 Å². The molecular formula is C28H29ClF3N5O3. The number of aromatic nitrogens is 1. The Labute approximate surface area is 234 Å². The molecule has 3 aromatic rings. The van der Waals surface area contributed by atoms with Gasteiger partial charge in [0.2, 0.25) is 11.8 Å². The summed E-state index contributed by atoms with van der Waals surface area (Å²) >= 11 is 6.02. The molecule has 0 spiro atoms. The van der Waals surface area contributed by atoms with E-state index < -0.39 is 17.3 Å². The highest BCUT2D eigenvalue weighted by Crippen LogP contribution is 2.34. The second-order valence-corrected chi connectivity index (χ2v) is 10.6. The number of amides is 1. The molecule has 1 N–H and O–H groups in total. The van der Waals surface area contributed by atoms with E-state index in [4.69, 9.17) is 26.0 Å². The largest absolute Gasteiger partial charge is 0.439 e. The van der Waals surface area contributed by atoms with Gasteiger partial charge in [0.25, 0.3) is 0 Å². The Hall–Kier alpha value is -3.33. The van der Waals surface area contributed by atoms with E-state index in [0.717, 1.165) is 11.6 Å². The first kappa shape index (κ1) is 28.2.